The van der Waals surface area contributed by atoms with Gasteiger partial charge in [0.15, 0.2) is 12.4 Å². The third-order valence-electron chi connectivity index (χ3n) is 3.40. The summed E-state index contributed by atoms with van der Waals surface area (Å²) in [5.74, 6) is -0.989. The van der Waals surface area contributed by atoms with Crippen molar-refractivity contribution in [2.24, 2.45) is 5.10 Å². The molecule has 0 fully saturated rings. The van der Waals surface area contributed by atoms with E-state index in [1.807, 2.05) is 13.0 Å². The number of aryl methyl sites for hydroxylation is 1. The second kappa shape index (κ2) is 9.67. The zero-order valence-corrected chi connectivity index (χ0v) is 14.9. The molecule has 0 bridgehead atoms. The Morgan fingerprint density at radius 3 is 2.75 bits per heavy atom. The number of hydrogen-bond donors (Lipinski definition) is 3. The minimum Gasteiger partial charge on any atom is -0.502 e. The lowest BCUT2D eigenvalue weighted by molar-refractivity contribution is -0.385. The number of nitrogens with zero attached hydrogens (tertiary/aromatic N) is 2. The number of phenolic OH excluding ortho intramolecular Hbond substituents is 1. The van der Waals surface area contributed by atoms with Crippen molar-refractivity contribution in [2.45, 2.75) is 6.92 Å². The average Bonchev–Trinajstić information content (AvgIpc) is 2.66. The van der Waals surface area contributed by atoms with Crippen LogP contribution in [0.25, 0.3) is 0 Å². The minimum atomic E-state index is -0.736. The molecule has 0 saturated carbocycles. The van der Waals surface area contributed by atoms with Gasteiger partial charge in [0.2, 0.25) is 0 Å². The van der Waals surface area contributed by atoms with Crippen molar-refractivity contribution in [1.82, 2.24) is 10.7 Å². The van der Waals surface area contributed by atoms with E-state index in [4.69, 9.17) is 4.74 Å². The van der Waals surface area contributed by atoms with Crippen molar-refractivity contribution in [2.75, 3.05) is 13.2 Å². The topological polar surface area (TPSA) is 143 Å². The van der Waals surface area contributed by atoms with Gasteiger partial charge in [-0.3, -0.25) is 19.7 Å². The molecule has 2 aromatic rings. The number of rotatable bonds is 8. The van der Waals surface area contributed by atoms with Gasteiger partial charge >= 0.3 is 5.69 Å². The second-order valence-corrected chi connectivity index (χ2v) is 5.68. The van der Waals surface area contributed by atoms with Gasteiger partial charge in [-0.15, -0.1) is 0 Å². The molecule has 2 aromatic carbocycles. The van der Waals surface area contributed by atoms with Crippen LogP contribution in [0.4, 0.5) is 5.69 Å². The molecule has 0 saturated heterocycles. The number of phenols is 1. The number of amides is 2. The summed E-state index contributed by atoms with van der Waals surface area (Å²) in [6.07, 6.45) is 1.17. The largest absolute Gasteiger partial charge is 0.502 e. The monoisotopic (exact) mass is 386 g/mol. The predicted octanol–water partition coefficient (Wildman–Crippen LogP) is 1.25. The molecule has 28 heavy (non-hydrogen) atoms. The Balaban J connectivity index is 1.75. The van der Waals surface area contributed by atoms with E-state index in [9.17, 15) is 24.8 Å². The Morgan fingerprint density at radius 2 is 2.04 bits per heavy atom. The van der Waals surface area contributed by atoms with Crippen LogP contribution >= 0.6 is 0 Å². The van der Waals surface area contributed by atoms with E-state index < -0.39 is 28.2 Å². The van der Waals surface area contributed by atoms with Crippen LogP contribution in [-0.2, 0) is 9.59 Å². The molecule has 0 aliphatic heterocycles. The zero-order valence-electron chi connectivity index (χ0n) is 14.9. The van der Waals surface area contributed by atoms with Crippen LogP contribution in [0.15, 0.2) is 47.6 Å². The van der Waals surface area contributed by atoms with Gasteiger partial charge in [0, 0.05) is 11.6 Å². The number of nitro groups is 1. The molecule has 2 rings (SSSR count). The van der Waals surface area contributed by atoms with Gasteiger partial charge in [-0.1, -0.05) is 12.1 Å². The lowest BCUT2D eigenvalue weighted by Gasteiger charge is -2.07. The van der Waals surface area contributed by atoms with Crippen molar-refractivity contribution in [3.8, 4) is 11.5 Å². The van der Waals surface area contributed by atoms with E-state index in [2.05, 4.69) is 15.8 Å². The van der Waals surface area contributed by atoms with E-state index in [1.54, 1.807) is 18.2 Å². The molecular formula is C18H18N4O6. The number of carbonyl (C=O) groups is 2. The minimum absolute atomic E-state index is 0.239. The molecule has 10 nitrogen and oxygen atoms in total. The van der Waals surface area contributed by atoms with E-state index in [1.165, 1.54) is 12.3 Å². The Kier molecular flexibility index (Phi) is 7.03. The number of benzene rings is 2. The lowest BCUT2D eigenvalue weighted by Crippen LogP contribution is -2.37. The van der Waals surface area contributed by atoms with Crippen LogP contribution in [0.5, 0.6) is 11.5 Å². The normalized spacial score (nSPS) is 10.5. The molecule has 0 heterocycles. The van der Waals surface area contributed by atoms with Crippen molar-refractivity contribution >= 4 is 23.7 Å². The summed E-state index contributed by atoms with van der Waals surface area (Å²) in [5.41, 5.74) is 3.00. The van der Waals surface area contributed by atoms with Crippen LogP contribution in [0.2, 0.25) is 0 Å². The first-order valence-corrected chi connectivity index (χ1v) is 8.10. The third-order valence-corrected chi connectivity index (χ3v) is 3.40. The number of aromatic hydroxyl groups is 1. The van der Waals surface area contributed by atoms with E-state index in [0.29, 0.717) is 11.3 Å². The quantitative estimate of drug-likeness (QED) is 0.354. The molecule has 10 heteroatoms. The highest BCUT2D eigenvalue weighted by Gasteiger charge is 2.12. The highest BCUT2D eigenvalue weighted by molar-refractivity contribution is 5.87. The lowest BCUT2D eigenvalue weighted by atomic mass is 10.2. The number of carbonyl (C=O) groups excluding carboxylic acids is 2. The van der Waals surface area contributed by atoms with Gasteiger partial charge in [-0.05, 0) is 36.8 Å². The molecular weight excluding hydrogens is 368 g/mol. The Labute approximate surface area is 160 Å². The summed E-state index contributed by atoms with van der Waals surface area (Å²) in [6, 6.07) is 10.8. The van der Waals surface area contributed by atoms with Gasteiger partial charge in [0.25, 0.3) is 11.8 Å². The maximum atomic E-state index is 11.7. The highest BCUT2D eigenvalue weighted by Crippen LogP contribution is 2.25. The maximum absolute atomic E-state index is 11.7. The molecule has 0 unspecified atom stereocenters. The number of hydrazone groups is 1. The first-order chi connectivity index (χ1) is 13.3. The molecule has 0 aliphatic carbocycles. The Morgan fingerprint density at radius 1 is 1.25 bits per heavy atom. The Bertz CT molecular complexity index is 913. The van der Waals surface area contributed by atoms with E-state index >= 15 is 0 Å². The SMILES string of the molecule is Cc1cccc(OCC(=O)NCC(=O)NN=Cc2ccc(O)c([N+](=O)[O-])c2)c1. The van der Waals surface area contributed by atoms with Crippen molar-refractivity contribution in [3.05, 3.63) is 63.7 Å². The standard InChI is InChI=1S/C18H18N4O6/c1-12-3-2-4-14(7-12)28-11-18(25)19-10-17(24)21-20-9-13-5-6-16(23)15(8-13)22(26)27/h2-9,23H,10-11H2,1H3,(H,19,25)(H,21,24). The van der Waals surface area contributed by atoms with Gasteiger partial charge in [-0.2, -0.15) is 5.10 Å². The van der Waals surface area contributed by atoms with Gasteiger partial charge < -0.3 is 15.2 Å². The predicted molar refractivity (Wildman–Crippen MR) is 100 cm³/mol. The fraction of sp³-hybridized carbons (Fsp3) is 0.167. The van der Waals surface area contributed by atoms with Crippen LogP contribution in [0.1, 0.15) is 11.1 Å². The fourth-order valence-electron chi connectivity index (χ4n) is 2.07. The van der Waals surface area contributed by atoms with Gasteiger partial charge in [0.05, 0.1) is 17.7 Å². The number of nitrogens with one attached hydrogen (secondary N) is 2. The number of nitro benzene ring substituents is 1. The highest BCUT2D eigenvalue weighted by atomic mass is 16.6. The van der Waals surface area contributed by atoms with Crippen molar-refractivity contribution < 1.29 is 24.4 Å². The molecule has 0 aromatic heterocycles. The molecule has 0 radical (unpaired) electrons. The molecule has 2 amide bonds. The average molecular weight is 386 g/mol. The molecule has 0 aliphatic rings. The molecule has 146 valence electrons. The Hall–Kier alpha value is -3.95. The maximum Gasteiger partial charge on any atom is 0.311 e. The first-order valence-electron chi connectivity index (χ1n) is 8.10. The van der Waals surface area contributed by atoms with E-state index in [-0.39, 0.29) is 13.2 Å². The van der Waals surface area contributed by atoms with Crippen LogP contribution < -0.4 is 15.5 Å². The molecule has 0 atom stereocenters. The summed E-state index contributed by atoms with van der Waals surface area (Å²) >= 11 is 0. The van der Waals surface area contributed by atoms with Gasteiger partial charge in [0.1, 0.15) is 5.75 Å². The summed E-state index contributed by atoms with van der Waals surface area (Å²) in [7, 11) is 0. The summed E-state index contributed by atoms with van der Waals surface area (Å²) in [5, 5.41) is 26.1. The first kappa shape index (κ1) is 20.4. The zero-order chi connectivity index (χ0) is 20.5. The van der Waals surface area contributed by atoms with Crippen LogP contribution in [-0.4, -0.2) is 41.2 Å². The van der Waals surface area contributed by atoms with Crippen LogP contribution in [0.3, 0.4) is 0 Å². The van der Waals surface area contributed by atoms with Crippen molar-refractivity contribution in [3.63, 3.8) is 0 Å². The smallest absolute Gasteiger partial charge is 0.311 e. The number of ether oxygens (including phenoxy) is 1. The summed E-state index contributed by atoms with van der Waals surface area (Å²) in [4.78, 5) is 33.4. The van der Waals surface area contributed by atoms with Gasteiger partial charge in [-0.25, -0.2) is 5.43 Å². The summed E-state index contributed by atoms with van der Waals surface area (Å²) in [6.45, 7) is 1.34. The number of hydrogen-bond acceptors (Lipinski definition) is 7. The van der Waals surface area contributed by atoms with Crippen molar-refractivity contribution in [1.29, 1.82) is 0 Å². The molecule has 3 N–H and O–H groups in total. The molecule has 0 spiro atoms. The van der Waals surface area contributed by atoms with E-state index in [0.717, 1.165) is 17.7 Å². The summed E-state index contributed by atoms with van der Waals surface area (Å²) < 4.78 is 5.31. The third kappa shape index (κ3) is 6.41. The van der Waals surface area contributed by atoms with Crippen LogP contribution in [0, 0.1) is 17.0 Å². The second-order valence-electron chi connectivity index (χ2n) is 5.68. The fourth-order valence-corrected chi connectivity index (χ4v) is 2.07.